The lowest BCUT2D eigenvalue weighted by atomic mass is 10.0. The Hall–Kier alpha value is -4.44. The first-order valence-electron chi connectivity index (χ1n) is 12.9. The van der Waals surface area contributed by atoms with Gasteiger partial charge in [0.1, 0.15) is 0 Å². The third-order valence-electron chi connectivity index (χ3n) is 5.14. The largest absolute Gasteiger partial charge is 0.0683 e. The van der Waals surface area contributed by atoms with Crippen LogP contribution in [0.1, 0.15) is 77.8 Å². The zero-order valence-electron chi connectivity index (χ0n) is 23.2. The number of aryl methyl sites for hydroxylation is 3. The van der Waals surface area contributed by atoms with E-state index in [0.717, 1.165) is 33.4 Å². The molecule has 0 unspecified atom stereocenters. The minimum absolute atomic E-state index is 0.902. The van der Waals surface area contributed by atoms with E-state index in [0.29, 0.717) is 0 Å². The summed E-state index contributed by atoms with van der Waals surface area (Å²) in [4.78, 5) is 0. The highest BCUT2D eigenvalue weighted by atomic mass is 14.0. The maximum atomic E-state index is 3.29. The molecule has 37 heavy (non-hydrogen) atoms. The van der Waals surface area contributed by atoms with Gasteiger partial charge < -0.3 is 0 Å². The van der Waals surface area contributed by atoms with Crippen molar-refractivity contribution in [3.05, 3.63) is 141 Å². The van der Waals surface area contributed by atoms with Gasteiger partial charge >= 0.3 is 0 Å². The first-order valence-corrected chi connectivity index (χ1v) is 12.9. The molecule has 0 heteroatoms. The van der Waals surface area contributed by atoms with Crippen LogP contribution in [0.2, 0.25) is 0 Å². The zero-order chi connectivity index (χ0) is 27.0. The molecule has 4 aromatic carbocycles. The molecule has 0 aliphatic heterocycles. The molecule has 0 radical (unpaired) electrons. The van der Waals surface area contributed by atoms with Crippen LogP contribution in [0.25, 0.3) is 0 Å². The van der Waals surface area contributed by atoms with Crippen LogP contribution in [-0.4, -0.2) is 0 Å². The van der Waals surface area contributed by atoms with Gasteiger partial charge in [-0.1, -0.05) is 116 Å². The quantitative estimate of drug-likeness (QED) is 0.220. The molecule has 0 saturated carbocycles. The lowest BCUT2D eigenvalue weighted by Gasteiger charge is -1.98. The average Bonchev–Trinajstić information content (AvgIpc) is 2.94. The highest BCUT2D eigenvalue weighted by Crippen LogP contribution is 2.11. The minimum Gasteiger partial charge on any atom is -0.0683 e. The Balaban J connectivity index is 0.00000115. The summed E-state index contributed by atoms with van der Waals surface area (Å²) < 4.78 is 0. The summed E-state index contributed by atoms with van der Waals surface area (Å²) in [7, 11) is 0. The Morgan fingerprint density at radius 1 is 0.297 bits per heavy atom. The van der Waals surface area contributed by atoms with Crippen LogP contribution >= 0.6 is 0 Å². The summed E-state index contributed by atoms with van der Waals surface area (Å²) in [6, 6.07) is 30.8. The maximum absolute atomic E-state index is 3.29. The zero-order valence-corrected chi connectivity index (χ0v) is 23.2. The smallest absolute Gasteiger partial charge is 0.0273 e. The minimum atomic E-state index is 0.902. The van der Waals surface area contributed by atoms with Crippen molar-refractivity contribution < 1.29 is 0 Å². The molecule has 0 saturated heterocycles. The van der Waals surface area contributed by atoms with Gasteiger partial charge in [-0.2, -0.15) is 0 Å². The number of hydrogen-bond donors (Lipinski definition) is 0. The van der Waals surface area contributed by atoms with Gasteiger partial charge in [0.25, 0.3) is 0 Å². The fourth-order valence-electron chi connectivity index (χ4n) is 3.19. The van der Waals surface area contributed by atoms with Crippen LogP contribution < -0.4 is 0 Å². The van der Waals surface area contributed by atoms with E-state index in [1.165, 1.54) is 16.7 Å². The molecule has 0 aromatic heterocycles. The van der Waals surface area contributed by atoms with Gasteiger partial charge in [0.05, 0.1) is 0 Å². The highest BCUT2D eigenvalue weighted by molar-refractivity contribution is 5.55. The van der Waals surface area contributed by atoms with Gasteiger partial charge in [-0.25, -0.2) is 0 Å². The van der Waals surface area contributed by atoms with Gasteiger partial charge in [0, 0.05) is 33.4 Å². The van der Waals surface area contributed by atoms with Crippen LogP contribution in [0.3, 0.4) is 0 Å². The Morgan fingerprint density at radius 2 is 0.486 bits per heavy atom. The van der Waals surface area contributed by atoms with Gasteiger partial charge in [-0.05, 0) is 75.4 Å². The molecule has 0 amide bonds. The average molecular weight is 481 g/mol. The molecule has 0 heterocycles. The van der Waals surface area contributed by atoms with E-state index in [1.54, 1.807) is 0 Å². The monoisotopic (exact) mass is 480 g/mol. The van der Waals surface area contributed by atoms with Gasteiger partial charge in [-0.3, -0.25) is 0 Å². The van der Waals surface area contributed by atoms with E-state index >= 15 is 0 Å². The molecule has 0 bridgehead atoms. The molecule has 0 fully saturated rings. The third-order valence-corrected chi connectivity index (χ3v) is 5.14. The molecule has 0 aliphatic carbocycles. The summed E-state index contributed by atoms with van der Waals surface area (Å²) >= 11 is 0. The predicted octanol–water partition coefficient (Wildman–Crippen LogP) is 8.86. The second-order valence-electron chi connectivity index (χ2n) is 8.15. The normalized spacial score (nSPS) is 8.84. The predicted molar refractivity (Wildman–Crippen MR) is 161 cm³/mol. The number of benzene rings is 4. The lowest BCUT2D eigenvalue weighted by Crippen LogP contribution is -1.86. The molecule has 4 rings (SSSR count). The van der Waals surface area contributed by atoms with Crippen LogP contribution in [-0.2, 0) is 0 Å². The van der Waals surface area contributed by atoms with Crippen LogP contribution in [0.15, 0.2) is 91.0 Å². The van der Waals surface area contributed by atoms with Crippen molar-refractivity contribution in [1.29, 1.82) is 0 Å². The molecule has 0 N–H and O–H groups in total. The summed E-state index contributed by atoms with van der Waals surface area (Å²) in [6.07, 6.45) is 0. The van der Waals surface area contributed by atoms with Crippen molar-refractivity contribution in [2.24, 2.45) is 0 Å². The SMILES string of the molecule is CC.CC.Cc1ccc(C#Cc2cc(C#Cc3ccc(C)cc3)cc(C#Cc3ccc(C)cc3)c2)cc1. The Kier molecular flexibility index (Phi) is 12.1. The first kappa shape index (κ1) is 28.8. The van der Waals surface area contributed by atoms with Crippen LogP contribution in [0, 0.1) is 56.3 Å². The maximum Gasteiger partial charge on any atom is 0.0273 e. The molecule has 4 aromatic rings. The number of rotatable bonds is 0. The van der Waals surface area contributed by atoms with Crippen molar-refractivity contribution in [3.63, 3.8) is 0 Å². The van der Waals surface area contributed by atoms with E-state index in [9.17, 15) is 0 Å². The first-order chi connectivity index (χ1) is 18.0. The summed E-state index contributed by atoms with van der Waals surface area (Å²) in [5.41, 5.74) is 9.35. The second-order valence-corrected chi connectivity index (χ2v) is 8.15. The van der Waals surface area contributed by atoms with E-state index in [-0.39, 0.29) is 0 Å². The summed E-state index contributed by atoms with van der Waals surface area (Å²) in [5, 5.41) is 0. The summed E-state index contributed by atoms with van der Waals surface area (Å²) in [6.45, 7) is 14.2. The standard InChI is InChI=1S/C33H24.2C2H6/c1-25-4-10-28(11-5-25)16-19-31-22-32(20-17-29-12-6-26(2)7-13-29)24-33(23-31)21-18-30-14-8-27(3)9-15-30;2*1-2/h4-15,22-24H,1-3H3;2*1-2H3. The number of hydrogen-bond acceptors (Lipinski definition) is 0. The Morgan fingerprint density at radius 3 is 0.703 bits per heavy atom. The van der Waals surface area contributed by atoms with Crippen molar-refractivity contribution in [1.82, 2.24) is 0 Å². The molecular formula is C37H36. The lowest BCUT2D eigenvalue weighted by molar-refractivity contribution is 1.46. The Bertz CT molecular complexity index is 1250. The topological polar surface area (TPSA) is 0 Å². The van der Waals surface area contributed by atoms with Crippen molar-refractivity contribution in [3.8, 4) is 35.5 Å². The van der Waals surface area contributed by atoms with Gasteiger partial charge in [0.15, 0.2) is 0 Å². The van der Waals surface area contributed by atoms with E-state index < -0.39 is 0 Å². The van der Waals surface area contributed by atoms with Crippen molar-refractivity contribution in [2.75, 3.05) is 0 Å². The van der Waals surface area contributed by atoms with Crippen molar-refractivity contribution in [2.45, 2.75) is 48.5 Å². The molecule has 0 atom stereocenters. The fraction of sp³-hybridized carbons (Fsp3) is 0.189. The second kappa shape index (κ2) is 15.5. The summed E-state index contributed by atoms with van der Waals surface area (Å²) in [5.74, 6) is 19.6. The molecule has 0 spiro atoms. The van der Waals surface area contributed by atoms with E-state index in [4.69, 9.17) is 0 Å². The molecule has 184 valence electrons. The van der Waals surface area contributed by atoms with Gasteiger partial charge in [0.2, 0.25) is 0 Å². The fourth-order valence-corrected chi connectivity index (χ4v) is 3.19. The van der Waals surface area contributed by atoms with Crippen LogP contribution in [0.4, 0.5) is 0 Å². The molecule has 0 aliphatic rings. The van der Waals surface area contributed by atoms with Gasteiger partial charge in [-0.15, -0.1) is 0 Å². The molecular weight excluding hydrogens is 444 g/mol. The van der Waals surface area contributed by atoms with Crippen LogP contribution in [0.5, 0.6) is 0 Å². The third kappa shape index (κ3) is 9.98. The van der Waals surface area contributed by atoms with E-state index in [2.05, 4.69) is 92.7 Å². The molecule has 0 nitrogen and oxygen atoms in total. The van der Waals surface area contributed by atoms with Crippen molar-refractivity contribution >= 4 is 0 Å². The van der Waals surface area contributed by atoms with E-state index in [1.807, 2.05) is 82.3 Å². The Labute approximate surface area is 224 Å². The highest BCUT2D eigenvalue weighted by Gasteiger charge is 1.98.